The summed E-state index contributed by atoms with van der Waals surface area (Å²) in [7, 11) is 6.02. The summed E-state index contributed by atoms with van der Waals surface area (Å²) in [4.78, 5) is 11.2. The van der Waals surface area contributed by atoms with Gasteiger partial charge in [-0.3, -0.25) is 0 Å². The maximum atomic E-state index is 4.59. The molecule has 0 saturated carbocycles. The maximum Gasteiger partial charge on any atom is 0.225 e. The highest BCUT2D eigenvalue weighted by atomic mass is 15.1. The Labute approximate surface area is 126 Å². The smallest absolute Gasteiger partial charge is 0.225 e. The fraction of sp³-hybridized carbons (Fsp3) is 0.375. The molecule has 1 heterocycles. The van der Waals surface area contributed by atoms with Crippen LogP contribution in [0.25, 0.3) is 11.3 Å². The zero-order valence-electron chi connectivity index (χ0n) is 12.9. The van der Waals surface area contributed by atoms with Gasteiger partial charge in [-0.15, -0.1) is 0 Å². The van der Waals surface area contributed by atoms with E-state index >= 15 is 0 Å². The molecule has 2 aromatic rings. The van der Waals surface area contributed by atoms with E-state index in [4.69, 9.17) is 0 Å². The number of rotatable bonds is 7. The number of hydrogen-bond acceptors (Lipinski definition) is 5. The lowest BCUT2D eigenvalue weighted by Crippen LogP contribution is -2.17. The van der Waals surface area contributed by atoms with Gasteiger partial charge in [0.25, 0.3) is 0 Å². The normalized spacial score (nSPS) is 10.7. The van der Waals surface area contributed by atoms with E-state index in [2.05, 4.69) is 51.7 Å². The van der Waals surface area contributed by atoms with Gasteiger partial charge in [0.2, 0.25) is 5.95 Å². The largest absolute Gasteiger partial charge is 0.373 e. The van der Waals surface area contributed by atoms with Crippen molar-refractivity contribution in [3.63, 3.8) is 0 Å². The number of benzene rings is 1. The van der Waals surface area contributed by atoms with Gasteiger partial charge in [-0.2, -0.15) is 4.98 Å². The Morgan fingerprint density at radius 2 is 1.86 bits per heavy atom. The van der Waals surface area contributed by atoms with E-state index in [1.807, 2.05) is 31.3 Å². The molecule has 0 unspecified atom stereocenters. The van der Waals surface area contributed by atoms with Crippen molar-refractivity contribution in [2.45, 2.75) is 6.42 Å². The predicted octanol–water partition coefficient (Wildman–Crippen LogP) is 2.55. The molecule has 0 radical (unpaired) electrons. The Bertz CT molecular complexity index is 554. The van der Waals surface area contributed by atoms with Gasteiger partial charge in [-0.25, -0.2) is 4.98 Å². The lowest BCUT2D eigenvalue weighted by Gasteiger charge is -2.11. The van der Waals surface area contributed by atoms with Gasteiger partial charge < -0.3 is 15.5 Å². The average Bonchev–Trinajstić information content (AvgIpc) is 2.52. The maximum absolute atomic E-state index is 4.59. The molecule has 1 aromatic carbocycles. The van der Waals surface area contributed by atoms with Crippen LogP contribution in [0.3, 0.4) is 0 Å². The molecular weight excluding hydrogens is 262 g/mol. The lowest BCUT2D eigenvalue weighted by atomic mass is 10.1. The van der Waals surface area contributed by atoms with Crippen molar-refractivity contribution in [2.24, 2.45) is 0 Å². The highest BCUT2D eigenvalue weighted by Crippen LogP contribution is 2.20. The molecular formula is C16H23N5. The Morgan fingerprint density at radius 1 is 1.10 bits per heavy atom. The van der Waals surface area contributed by atoms with Gasteiger partial charge in [0.05, 0.1) is 5.69 Å². The number of anilines is 2. The van der Waals surface area contributed by atoms with Crippen LogP contribution in [0.4, 0.5) is 11.8 Å². The van der Waals surface area contributed by atoms with E-state index in [0.29, 0.717) is 5.95 Å². The van der Waals surface area contributed by atoms with E-state index in [-0.39, 0.29) is 0 Å². The highest BCUT2D eigenvalue weighted by molar-refractivity contribution is 5.64. The summed E-state index contributed by atoms with van der Waals surface area (Å²) in [6, 6.07) is 12.1. The first-order valence-corrected chi connectivity index (χ1v) is 7.20. The van der Waals surface area contributed by atoms with Gasteiger partial charge in [0, 0.05) is 25.2 Å². The third-order valence-corrected chi connectivity index (χ3v) is 3.12. The third-order valence-electron chi connectivity index (χ3n) is 3.12. The van der Waals surface area contributed by atoms with Crippen LogP contribution in [0.1, 0.15) is 6.42 Å². The molecule has 0 fully saturated rings. The third kappa shape index (κ3) is 4.72. The summed E-state index contributed by atoms with van der Waals surface area (Å²) in [6.07, 6.45) is 1.06. The van der Waals surface area contributed by atoms with Crippen LogP contribution in [0.2, 0.25) is 0 Å². The standard InChI is InChI=1S/C16H23N5/c1-17-15-12-14(13-8-5-4-6-9-13)19-16(20-15)18-10-7-11-21(2)3/h4-6,8-9,12H,7,10-11H2,1-3H3,(H2,17,18,19,20). The van der Waals surface area contributed by atoms with E-state index in [1.165, 1.54) is 0 Å². The van der Waals surface area contributed by atoms with Crippen LogP contribution < -0.4 is 10.6 Å². The quantitative estimate of drug-likeness (QED) is 0.766. The van der Waals surface area contributed by atoms with Crippen molar-refractivity contribution in [1.29, 1.82) is 0 Å². The molecule has 2 N–H and O–H groups in total. The van der Waals surface area contributed by atoms with Crippen molar-refractivity contribution in [1.82, 2.24) is 14.9 Å². The van der Waals surface area contributed by atoms with Crippen molar-refractivity contribution in [3.8, 4) is 11.3 Å². The van der Waals surface area contributed by atoms with E-state index < -0.39 is 0 Å². The summed E-state index contributed by atoms with van der Waals surface area (Å²) in [5.41, 5.74) is 2.01. The summed E-state index contributed by atoms with van der Waals surface area (Å²) in [5.74, 6) is 1.48. The molecule has 112 valence electrons. The van der Waals surface area contributed by atoms with Gasteiger partial charge in [0.1, 0.15) is 5.82 Å². The molecule has 0 aliphatic heterocycles. The SMILES string of the molecule is CNc1cc(-c2ccccc2)nc(NCCCN(C)C)n1. The van der Waals surface area contributed by atoms with E-state index in [1.54, 1.807) is 0 Å². The molecule has 0 aliphatic carbocycles. The zero-order valence-corrected chi connectivity index (χ0v) is 12.9. The Balaban J connectivity index is 2.11. The van der Waals surface area contributed by atoms with Gasteiger partial charge in [0.15, 0.2) is 0 Å². The van der Waals surface area contributed by atoms with E-state index in [9.17, 15) is 0 Å². The van der Waals surface area contributed by atoms with Crippen molar-refractivity contribution in [3.05, 3.63) is 36.4 Å². The molecule has 2 rings (SSSR count). The molecule has 1 aromatic heterocycles. The van der Waals surface area contributed by atoms with Crippen molar-refractivity contribution >= 4 is 11.8 Å². The Hall–Kier alpha value is -2.14. The number of hydrogen-bond donors (Lipinski definition) is 2. The van der Waals surface area contributed by atoms with E-state index in [0.717, 1.165) is 36.6 Å². The summed E-state index contributed by atoms with van der Waals surface area (Å²) >= 11 is 0. The molecule has 5 nitrogen and oxygen atoms in total. The minimum absolute atomic E-state index is 0.666. The first-order valence-electron chi connectivity index (χ1n) is 7.20. The average molecular weight is 285 g/mol. The molecule has 0 bridgehead atoms. The minimum atomic E-state index is 0.666. The van der Waals surface area contributed by atoms with Crippen LogP contribution in [0, 0.1) is 0 Å². The minimum Gasteiger partial charge on any atom is -0.373 e. The second-order valence-corrected chi connectivity index (χ2v) is 5.16. The monoisotopic (exact) mass is 285 g/mol. The molecule has 5 heteroatoms. The Kier molecular flexibility index (Phi) is 5.51. The molecule has 0 spiro atoms. The number of nitrogens with zero attached hydrogens (tertiary/aromatic N) is 3. The highest BCUT2D eigenvalue weighted by Gasteiger charge is 2.05. The van der Waals surface area contributed by atoms with Crippen LogP contribution >= 0.6 is 0 Å². The molecule has 0 atom stereocenters. The second-order valence-electron chi connectivity index (χ2n) is 5.16. The van der Waals surface area contributed by atoms with Crippen molar-refractivity contribution in [2.75, 3.05) is 44.9 Å². The lowest BCUT2D eigenvalue weighted by molar-refractivity contribution is 0.405. The molecule has 0 saturated heterocycles. The molecule has 0 amide bonds. The second kappa shape index (κ2) is 7.59. The van der Waals surface area contributed by atoms with Crippen LogP contribution in [0.15, 0.2) is 36.4 Å². The number of aromatic nitrogens is 2. The van der Waals surface area contributed by atoms with Gasteiger partial charge >= 0.3 is 0 Å². The summed E-state index contributed by atoms with van der Waals surface area (Å²) in [5, 5.41) is 6.38. The van der Waals surface area contributed by atoms with Gasteiger partial charge in [-0.1, -0.05) is 30.3 Å². The first kappa shape index (κ1) is 15.3. The molecule has 21 heavy (non-hydrogen) atoms. The van der Waals surface area contributed by atoms with Gasteiger partial charge in [-0.05, 0) is 27.1 Å². The molecule has 0 aliphatic rings. The first-order chi connectivity index (χ1) is 10.2. The summed E-state index contributed by atoms with van der Waals surface area (Å²) < 4.78 is 0. The zero-order chi connectivity index (χ0) is 15.1. The fourth-order valence-electron chi connectivity index (χ4n) is 2.01. The topological polar surface area (TPSA) is 53.1 Å². The predicted molar refractivity (Wildman–Crippen MR) is 88.7 cm³/mol. The van der Waals surface area contributed by atoms with Crippen molar-refractivity contribution < 1.29 is 0 Å². The Morgan fingerprint density at radius 3 is 2.52 bits per heavy atom. The van der Waals surface area contributed by atoms with Crippen LogP contribution in [-0.4, -0.2) is 49.1 Å². The summed E-state index contributed by atoms with van der Waals surface area (Å²) in [6.45, 7) is 1.91. The van der Waals surface area contributed by atoms with Crippen LogP contribution in [0.5, 0.6) is 0 Å². The fourth-order valence-corrected chi connectivity index (χ4v) is 2.01. The number of nitrogens with one attached hydrogen (secondary N) is 2. The van der Waals surface area contributed by atoms with Crippen LogP contribution in [-0.2, 0) is 0 Å².